The van der Waals surface area contributed by atoms with Gasteiger partial charge in [0.15, 0.2) is 0 Å². The maximum absolute atomic E-state index is 5.39. The maximum Gasteiger partial charge on any atom is 0.123 e. The van der Waals surface area contributed by atoms with Gasteiger partial charge in [-0.05, 0) is 36.6 Å². The molecule has 0 unspecified atom stereocenters. The number of benzene rings is 1. The fourth-order valence-corrected chi connectivity index (χ4v) is 2.60. The molecule has 1 heterocycles. The third-order valence-electron chi connectivity index (χ3n) is 2.72. The second-order valence-corrected chi connectivity index (χ2v) is 5.26. The van der Waals surface area contributed by atoms with Crippen molar-refractivity contribution in [2.75, 3.05) is 7.11 Å². The number of hydrogen-bond donors (Lipinski definition) is 0. The van der Waals surface area contributed by atoms with Gasteiger partial charge in [-0.1, -0.05) is 13.8 Å². The van der Waals surface area contributed by atoms with Gasteiger partial charge in [0.2, 0.25) is 0 Å². The molecule has 0 fully saturated rings. The van der Waals surface area contributed by atoms with Crippen LogP contribution in [0, 0.1) is 6.92 Å². The van der Waals surface area contributed by atoms with E-state index in [1.807, 2.05) is 13.0 Å². The van der Waals surface area contributed by atoms with Crippen LogP contribution in [0.1, 0.15) is 31.0 Å². The molecular formula is C14H17NOS. The van der Waals surface area contributed by atoms with Crippen molar-refractivity contribution in [3.8, 4) is 16.3 Å². The molecule has 0 aliphatic rings. The Bertz CT molecular complexity index is 517. The highest BCUT2D eigenvalue weighted by atomic mass is 32.1. The van der Waals surface area contributed by atoms with Gasteiger partial charge in [-0.3, -0.25) is 0 Å². The van der Waals surface area contributed by atoms with E-state index in [1.165, 1.54) is 11.1 Å². The third kappa shape index (κ3) is 2.50. The third-order valence-corrected chi connectivity index (χ3v) is 3.73. The monoisotopic (exact) mass is 247 g/mol. The normalized spacial score (nSPS) is 10.9. The second kappa shape index (κ2) is 4.88. The van der Waals surface area contributed by atoms with E-state index in [0.29, 0.717) is 5.92 Å². The fraction of sp³-hybridized carbons (Fsp3) is 0.357. The lowest BCUT2D eigenvalue weighted by molar-refractivity contribution is 0.407. The molecule has 1 aromatic heterocycles. The first kappa shape index (κ1) is 12.1. The average Bonchev–Trinajstić information content (AvgIpc) is 2.75. The topological polar surface area (TPSA) is 22.1 Å². The molecule has 2 nitrogen and oxygen atoms in total. The van der Waals surface area contributed by atoms with Crippen molar-refractivity contribution < 1.29 is 4.74 Å². The molecule has 3 heteroatoms. The first-order valence-corrected chi connectivity index (χ1v) is 6.60. The van der Waals surface area contributed by atoms with Crippen molar-refractivity contribution >= 4 is 11.3 Å². The zero-order chi connectivity index (χ0) is 12.4. The first-order chi connectivity index (χ1) is 8.11. The highest BCUT2D eigenvalue weighted by molar-refractivity contribution is 7.13. The minimum Gasteiger partial charge on any atom is -0.496 e. The molecule has 0 radical (unpaired) electrons. The van der Waals surface area contributed by atoms with Gasteiger partial charge in [0.25, 0.3) is 0 Å². The van der Waals surface area contributed by atoms with E-state index in [2.05, 4.69) is 36.3 Å². The Kier molecular flexibility index (Phi) is 3.48. The fourth-order valence-electron chi connectivity index (χ4n) is 1.81. The quantitative estimate of drug-likeness (QED) is 0.809. The summed E-state index contributed by atoms with van der Waals surface area (Å²) >= 11 is 1.68. The van der Waals surface area contributed by atoms with Crippen LogP contribution in [0.5, 0.6) is 5.75 Å². The van der Waals surface area contributed by atoms with Gasteiger partial charge in [0.05, 0.1) is 7.11 Å². The number of ether oxygens (including phenoxy) is 1. The summed E-state index contributed by atoms with van der Waals surface area (Å²) in [6.45, 7) is 6.37. The molecule has 0 N–H and O–H groups in total. The van der Waals surface area contributed by atoms with Crippen molar-refractivity contribution in [1.29, 1.82) is 0 Å². The van der Waals surface area contributed by atoms with Crippen molar-refractivity contribution in [2.24, 2.45) is 0 Å². The smallest absolute Gasteiger partial charge is 0.123 e. The summed E-state index contributed by atoms with van der Waals surface area (Å²) in [4.78, 5) is 4.51. The van der Waals surface area contributed by atoms with Crippen LogP contribution in [0.25, 0.3) is 10.6 Å². The SMILES string of the molecule is COc1ccc(-c2nc(C)cs2)cc1C(C)C. The standard InChI is InChI=1S/C14H17NOS/c1-9(2)12-7-11(5-6-13(12)16-4)14-15-10(3)8-17-14/h5-9H,1-4H3. The lowest BCUT2D eigenvalue weighted by Gasteiger charge is -2.12. The zero-order valence-electron chi connectivity index (χ0n) is 10.7. The van der Waals surface area contributed by atoms with E-state index >= 15 is 0 Å². The van der Waals surface area contributed by atoms with Gasteiger partial charge in [0, 0.05) is 16.6 Å². The molecule has 0 aliphatic carbocycles. The molecule has 17 heavy (non-hydrogen) atoms. The van der Waals surface area contributed by atoms with Crippen molar-refractivity contribution in [3.05, 3.63) is 34.8 Å². The molecule has 1 aromatic carbocycles. The molecule has 0 bridgehead atoms. The average molecular weight is 247 g/mol. The van der Waals surface area contributed by atoms with E-state index in [4.69, 9.17) is 4.74 Å². The summed E-state index contributed by atoms with van der Waals surface area (Å²) in [7, 11) is 1.72. The molecule has 0 saturated carbocycles. The highest BCUT2D eigenvalue weighted by Gasteiger charge is 2.10. The van der Waals surface area contributed by atoms with Crippen LogP contribution in [0.2, 0.25) is 0 Å². The van der Waals surface area contributed by atoms with E-state index in [1.54, 1.807) is 18.4 Å². The van der Waals surface area contributed by atoms with Crippen LogP contribution in [-0.4, -0.2) is 12.1 Å². The van der Waals surface area contributed by atoms with Gasteiger partial charge < -0.3 is 4.74 Å². The predicted molar refractivity (Wildman–Crippen MR) is 72.9 cm³/mol. The van der Waals surface area contributed by atoms with E-state index in [0.717, 1.165) is 16.5 Å². The van der Waals surface area contributed by atoms with Crippen LogP contribution < -0.4 is 4.74 Å². The highest BCUT2D eigenvalue weighted by Crippen LogP contribution is 2.32. The largest absolute Gasteiger partial charge is 0.496 e. The van der Waals surface area contributed by atoms with E-state index in [-0.39, 0.29) is 0 Å². The Labute approximate surface area is 106 Å². The molecular weight excluding hydrogens is 230 g/mol. The number of nitrogens with zero attached hydrogens (tertiary/aromatic N) is 1. The maximum atomic E-state index is 5.39. The number of thiazole rings is 1. The summed E-state index contributed by atoms with van der Waals surface area (Å²) in [5, 5.41) is 3.15. The number of aromatic nitrogens is 1. The lowest BCUT2D eigenvalue weighted by Crippen LogP contribution is -1.94. The summed E-state index contributed by atoms with van der Waals surface area (Å²) in [5.74, 6) is 1.41. The first-order valence-electron chi connectivity index (χ1n) is 5.72. The van der Waals surface area contributed by atoms with Gasteiger partial charge in [-0.25, -0.2) is 4.98 Å². The Morgan fingerprint density at radius 3 is 2.59 bits per heavy atom. The summed E-state index contributed by atoms with van der Waals surface area (Å²) in [5.41, 5.74) is 3.48. The molecule has 0 amide bonds. The molecule has 0 atom stereocenters. The van der Waals surface area contributed by atoms with Crippen molar-refractivity contribution in [2.45, 2.75) is 26.7 Å². The van der Waals surface area contributed by atoms with E-state index < -0.39 is 0 Å². The zero-order valence-corrected chi connectivity index (χ0v) is 11.5. The van der Waals surface area contributed by atoms with Crippen LogP contribution in [0.4, 0.5) is 0 Å². The Morgan fingerprint density at radius 2 is 2.06 bits per heavy atom. The molecule has 2 aromatic rings. The van der Waals surface area contributed by atoms with E-state index in [9.17, 15) is 0 Å². The predicted octanol–water partition coefficient (Wildman–Crippen LogP) is 4.25. The van der Waals surface area contributed by atoms with Crippen LogP contribution >= 0.6 is 11.3 Å². The molecule has 0 saturated heterocycles. The number of hydrogen-bond acceptors (Lipinski definition) is 3. The number of methoxy groups -OCH3 is 1. The van der Waals surface area contributed by atoms with Crippen LogP contribution in [0.15, 0.2) is 23.6 Å². The summed E-state index contributed by atoms with van der Waals surface area (Å²) in [6.07, 6.45) is 0. The summed E-state index contributed by atoms with van der Waals surface area (Å²) < 4.78 is 5.39. The Balaban J connectivity index is 2.47. The number of aryl methyl sites for hydroxylation is 1. The van der Waals surface area contributed by atoms with Gasteiger partial charge in [0.1, 0.15) is 10.8 Å². The molecule has 2 rings (SSSR count). The van der Waals surface area contributed by atoms with Gasteiger partial charge >= 0.3 is 0 Å². The van der Waals surface area contributed by atoms with Crippen LogP contribution in [0.3, 0.4) is 0 Å². The molecule has 0 spiro atoms. The molecule has 90 valence electrons. The minimum atomic E-state index is 0.450. The second-order valence-electron chi connectivity index (χ2n) is 4.41. The Hall–Kier alpha value is -1.35. The van der Waals surface area contributed by atoms with Crippen molar-refractivity contribution in [3.63, 3.8) is 0 Å². The molecule has 0 aliphatic heterocycles. The summed E-state index contributed by atoms with van der Waals surface area (Å²) in [6, 6.07) is 6.28. The van der Waals surface area contributed by atoms with Crippen LogP contribution in [-0.2, 0) is 0 Å². The number of rotatable bonds is 3. The van der Waals surface area contributed by atoms with Gasteiger partial charge in [-0.2, -0.15) is 0 Å². The lowest BCUT2D eigenvalue weighted by atomic mass is 10.00. The van der Waals surface area contributed by atoms with Crippen molar-refractivity contribution in [1.82, 2.24) is 4.98 Å². The Morgan fingerprint density at radius 1 is 1.29 bits per heavy atom. The minimum absolute atomic E-state index is 0.450. The van der Waals surface area contributed by atoms with Gasteiger partial charge in [-0.15, -0.1) is 11.3 Å².